The van der Waals surface area contributed by atoms with Gasteiger partial charge in [0, 0.05) is 11.4 Å². The zero-order valence-electron chi connectivity index (χ0n) is 7.62. The second-order valence-electron chi connectivity index (χ2n) is 2.73. The molecule has 74 valence electrons. The van der Waals surface area contributed by atoms with Crippen LogP contribution in [0.3, 0.4) is 0 Å². The third-order valence-electron chi connectivity index (χ3n) is 1.55. The molecule has 0 N–H and O–H groups in total. The molecule has 14 heavy (non-hydrogen) atoms. The minimum atomic E-state index is -0.581. The molecule has 0 spiro atoms. The zero-order valence-corrected chi connectivity index (χ0v) is 9.21. The van der Waals surface area contributed by atoms with E-state index in [-0.39, 0.29) is 6.42 Å². The number of esters is 2. The number of rotatable bonds is 2. The van der Waals surface area contributed by atoms with Crippen LogP contribution in [0.4, 0.5) is 0 Å². The number of carbonyl (C=O) groups is 2. The first-order valence-corrected chi connectivity index (χ1v) is 4.83. The Bertz CT molecular complexity index is 360. The molecular weight excluding hydrogens is 248 g/mol. The van der Waals surface area contributed by atoms with Gasteiger partial charge >= 0.3 is 11.9 Å². The molecule has 0 amide bonds. The third kappa shape index (κ3) is 3.30. The number of hydrogen-bond donors (Lipinski definition) is 0. The fraction of sp³-hybridized carbons (Fsp3) is 0.200. The van der Waals surface area contributed by atoms with Crippen molar-refractivity contribution in [3.8, 4) is 0 Å². The van der Waals surface area contributed by atoms with Gasteiger partial charge in [0.25, 0.3) is 0 Å². The third-order valence-corrected chi connectivity index (χ3v) is 2.32. The van der Waals surface area contributed by atoms with Crippen LogP contribution in [0.15, 0.2) is 28.7 Å². The van der Waals surface area contributed by atoms with Gasteiger partial charge in [-0.2, -0.15) is 0 Å². The summed E-state index contributed by atoms with van der Waals surface area (Å²) in [6, 6.07) is 7.30. The molecule has 0 atom stereocenters. The van der Waals surface area contributed by atoms with Crippen molar-refractivity contribution >= 4 is 27.9 Å². The highest BCUT2D eigenvalue weighted by Gasteiger charge is 2.09. The highest BCUT2D eigenvalue weighted by molar-refractivity contribution is 9.10. The fourth-order valence-electron chi connectivity index (χ4n) is 0.994. The Labute approximate surface area is 90.2 Å². The summed E-state index contributed by atoms with van der Waals surface area (Å²) in [6.07, 6.45) is 0.0982. The summed E-state index contributed by atoms with van der Waals surface area (Å²) in [6.45, 7) is 1.21. The van der Waals surface area contributed by atoms with Crippen LogP contribution in [-0.4, -0.2) is 11.9 Å². The predicted octanol–water partition coefficient (Wildman–Crippen LogP) is 2.08. The Balaban J connectivity index is 2.65. The van der Waals surface area contributed by atoms with Gasteiger partial charge < -0.3 is 4.74 Å². The molecule has 0 fully saturated rings. The minimum absolute atomic E-state index is 0.0982. The molecule has 1 rings (SSSR count). The van der Waals surface area contributed by atoms with Crippen molar-refractivity contribution in [1.82, 2.24) is 0 Å². The second-order valence-corrected chi connectivity index (χ2v) is 3.59. The Hall–Kier alpha value is -1.16. The van der Waals surface area contributed by atoms with Crippen LogP contribution in [0.2, 0.25) is 0 Å². The average molecular weight is 257 g/mol. The van der Waals surface area contributed by atoms with Crippen molar-refractivity contribution in [1.29, 1.82) is 0 Å². The van der Waals surface area contributed by atoms with Crippen molar-refractivity contribution in [2.24, 2.45) is 0 Å². The van der Waals surface area contributed by atoms with E-state index in [1.54, 1.807) is 6.07 Å². The molecule has 0 aromatic heterocycles. The first-order chi connectivity index (χ1) is 6.59. The largest absolute Gasteiger partial charge is 0.393 e. The monoisotopic (exact) mass is 256 g/mol. The van der Waals surface area contributed by atoms with E-state index in [4.69, 9.17) is 0 Å². The first-order valence-electron chi connectivity index (χ1n) is 4.04. The van der Waals surface area contributed by atoms with E-state index in [2.05, 4.69) is 20.7 Å². The van der Waals surface area contributed by atoms with Crippen LogP contribution in [0, 0.1) is 0 Å². The highest BCUT2D eigenvalue weighted by atomic mass is 79.9. The van der Waals surface area contributed by atoms with Gasteiger partial charge in [-0.05, 0) is 11.6 Å². The second kappa shape index (κ2) is 4.91. The number of benzene rings is 1. The van der Waals surface area contributed by atoms with Crippen molar-refractivity contribution in [3.05, 3.63) is 34.3 Å². The minimum Gasteiger partial charge on any atom is -0.393 e. The van der Waals surface area contributed by atoms with Crippen LogP contribution in [0.25, 0.3) is 0 Å². The Morgan fingerprint density at radius 3 is 2.57 bits per heavy atom. The molecule has 3 nitrogen and oxygen atoms in total. The maximum Gasteiger partial charge on any atom is 0.317 e. The molecular formula is C10H9BrO3. The van der Waals surface area contributed by atoms with Gasteiger partial charge in [0.15, 0.2) is 0 Å². The van der Waals surface area contributed by atoms with Crippen LogP contribution in [0.5, 0.6) is 0 Å². The summed E-state index contributed by atoms with van der Waals surface area (Å²) in [4.78, 5) is 21.6. The normalized spacial score (nSPS) is 9.57. The summed E-state index contributed by atoms with van der Waals surface area (Å²) in [5.41, 5.74) is 0.804. The van der Waals surface area contributed by atoms with E-state index in [0.717, 1.165) is 10.0 Å². The van der Waals surface area contributed by atoms with Crippen LogP contribution in [0.1, 0.15) is 12.5 Å². The predicted molar refractivity (Wildman–Crippen MR) is 54.6 cm³/mol. The topological polar surface area (TPSA) is 43.4 Å². The quantitative estimate of drug-likeness (QED) is 0.601. The summed E-state index contributed by atoms with van der Waals surface area (Å²) in [7, 11) is 0. The SMILES string of the molecule is CC(=O)OC(=O)Cc1ccccc1Br. The van der Waals surface area contributed by atoms with Gasteiger partial charge in [-0.25, -0.2) is 0 Å². The number of hydrogen-bond acceptors (Lipinski definition) is 3. The molecule has 1 aromatic carbocycles. The number of ether oxygens (including phenoxy) is 1. The van der Waals surface area contributed by atoms with E-state index >= 15 is 0 Å². The molecule has 0 radical (unpaired) electrons. The molecule has 4 heteroatoms. The Kier molecular flexibility index (Phi) is 3.83. The molecule has 0 saturated carbocycles. The first kappa shape index (κ1) is 10.9. The molecule has 0 aliphatic rings. The molecule has 0 aliphatic carbocycles. The van der Waals surface area contributed by atoms with Gasteiger partial charge in [0.2, 0.25) is 0 Å². The molecule has 0 bridgehead atoms. The molecule has 0 heterocycles. The standard InChI is InChI=1S/C10H9BrO3/c1-7(12)14-10(13)6-8-4-2-3-5-9(8)11/h2-5H,6H2,1H3. The van der Waals surface area contributed by atoms with E-state index < -0.39 is 11.9 Å². The van der Waals surface area contributed by atoms with Gasteiger partial charge in [-0.1, -0.05) is 34.1 Å². The lowest BCUT2D eigenvalue weighted by molar-refractivity contribution is -0.157. The lowest BCUT2D eigenvalue weighted by Gasteiger charge is -2.02. The van der Waals surface area contributed by atoms with E-state index in [0.29, 0.717) is 0 Å². The number of halogens is 1. The smallest absolute Gasteiger partial charge is 0.317 e. The van der Waals surface area contributed by atoms with Gasteiger partial charge in [0.1, 0.15) is 0 Å². The van der Waals surface area contributed by atoms with E-state index in [1.807, 2.05) is 18.2 Å². The summed E-state index contributed by atoms with van der Waals surface area (Å²) >= 11 is 3.30. The van der Waals surface area contributed by atoms with Crippen LogP contribution in [-0.2, 0) is 20.7 Å². The van der Waals surface area contributed by atoms with Crippen molar-refractivity contribution in [2.45, 2.75) is 13.3 Å². The van der Waals surface area contributed by atoms with E-state index in [9.17, 15) is 9.59 Å². The van der Waals surface area contributed by atoms with Crippen LogP contribution >= 0.6 is 15.9 Å². The molecule has 1 aromatic rings. The maximum atomic E-state index is 11.1. The van der Waals surface area contributed by atoms with E-state index in [1.165, 1.54) is 6.92 Å². The van der Waals surface area contributed by atoms with Crippen molar-refractivity contribution in [3.63, 3.8) is 0 Å². The highest BCUT2D eigenvalue weighted by Crippen LogP contribution is 2.16. The molecule has 0 saturated heterocycles. The summed E-state index contributed by atoms with van der Waals surface area (Å²) in [5, 5.41) is 0. The van der Waals surface area contributed by atoms with Gasteiger partial charge in [-0.15, -0.1) is 0 Å². The van der Waals surface area contributed by atoms with Crippen molar-refractivity contribution < 1.29 is 14.3 Å². The lowest BCUT2D eigenvalue weighted by Crippen LogP contribution is -2.11. The lowest BCUT2D eigenvalue weighted by atomic mass is 10.2. The van der Waals surface area contributed by atoms with Gasteiger partial charge in [0.05, 0.1) is 6.42 Å². The molecule has 0 unspecified atom stereocenters. The Morgan fingerprint density at radius 2 is 2.00 bits per heavy atom. The molecule has 0 aliphatic heterocycles. The Morgan fingerprint density at radius 1 is 1.36 bits per heavy atom. The number of carbonyl (C=O) groups excluding carboxylic acids is 2. The van der Waals surface area contributed by atoms with Gasteiger partial charge in [-0.3, -0.25) is 9.59 Å². The average Bonchev–Trinajstić information content (AvgIpc) is 2.07. The fourth-order valence-corrected chi connectivity index (χ4v) is 1.42. The van der Waals surface area contributed by atoms with Crippen molar-refractivity contribution in [2.75, 3.05) is 0 Å². The zero-order chi connectivity index (χ0) is 10.6. The maximum absolute atomic E-state index is 11.1. The summed E-state index contributed by atoms with van der Waals surface area (Å²) in [5.74, 6) is -1.12. The van der Waals surface area contributed by atoms with Crippen LogP contribution < -0.4 is 0 Å². The summed E-state index contributed by atoms with van der Waals surface area (Å²) < 4.78 is 5.24.